The molecule has 0 saturated carbocycles. The van der Waals surface area contributed by atoms with Gasteiger partial charge in [0.25, 0.3) is 0 Å². The predicted octanol–water partition coefficient (Wildman–Crippen LogP) is 4.35. The Hall–Kier alpha value is -2.69. The number of carbonyl (C=O) groups excluding carboxylic acids is 1. The molecular weight excluding hydrogens is 340 g/mol. The van der Waals surface area contributed by atoms with E-state index in [9.17, 15) is 4.79 Å². The van der Waals surface area contributed by atoms with Crippen LogP contribution >= 0.6 is 0 Å². The molecule has 0 bridgehead atoms. The summed E-state index contributed by atoms with van der Waals surface area (Å²) in [6.07, 6.45) is 0.872. The van der Waals surface area contributed by atoms with Crippen molar-refractivity contribution in [3.63, 3.8) is 0 Å². The number of nitrogens with one attached hydrogen (secondary N) is 2. The molecule has 0 aliphatic carbocycles. The molecule has 0 unspecified atom stereocenters. The Morgan fingerprint density at radius 2 is 1.81 bits per heavy atom. The average Bonchev–Trinajstić information content (AvgIpc) is 2.90. The van der Waals surface area contributed by atoms with E-state index in [0.29, 0.717) is 19.8 Å². The van der Waals surface area contributed by atoms with Crippen molar-refractivity contribution in [2.45, 2.75) is 39.8 Å². The van der Waals surface area contributed by atoms with Crippen molar-refractivity contribution in [1.82, 2.24) is 10.6 Å². The van der Waals surface area contributed by atoms with Crippen LogP contribution < -0.4 is 20.1 Å². The van der Waals surface area contributed by atoms with Crippen LogP contribution in [-0.4, -0.2) is 19.2 Å². The minimum Gasteiger partial charge on any atom is -0.490 e. The molecule has 5 nitrogen and oxygen atoms in total. The molecule has 1 atom stereocenters. The topological polar surface area (TPSA) is 59.6 Å². The molecule has 2 aromatic carbocycles. The summed E-state index contributed by atoms with van der Waals surface area (Å²) >= 11 is 0. The summed E-state index contributed by atoms with van der Waals surface area (Å²) in [6.45, 7) is 8.05. The molecular formula is C22H28N2O3. The van der Waals surface area contributed by atoms with Crippen LogP contribution in [0.1, 0.15) is 43.0 Å². The minimum absolute atomic E-state index is 0.112. The molecule has 0 fully saturated rings. The lowest BCUT2D eigenvalue weighted by atomic mass is 9.96. The maximum atomic E-state index is 12.5. The minimum atomic E-state index is -0.177. The fraction of sp³-hybridized carbons (Fsp3) is 0.409. The number of rotatable bonds is 5. The zero-order chi connectivity index (χ0) is 19.2. The number of amides is 2. The predicted molar refractivity (Wildman–Crippen MR) is 106 cm³/mol. The standard InChI is InChI=1S/C22H28N2O3/c1-15(2)21(17-9-10-19-20(13-17)27-12-6-11-26-19)24-22(25)23-14-18-8-5-4-7-16(18)3/h4-5,7-10,13,15,21H,6,11-12,14H2,1-3H3,(H2,23,24,25)/t21-/m1/s1. The van der Waals surface area contributed by atoms with Gasteiger partial charge in [0.15, 0.2) is 11.5 Å². The van der Waals surface area contributed by atoms with Crippen LogP contribution in [0.25, 0.3) is 0 Å². The average molecular weight is 368 g/mol. The monoisotopic (exact) mass is 368 g/mol. The Bertz CT molecular complexity index is 789. The molecule has 1 aliphatic heterocycles. The number of fused-ring (bicyclic) bond motifs is 1. The first kappa shape index (κ1) is 19.1. The number of benzene rings is 2. The highest BCUT2D eigenvalue weighted by Crippen LogP contribution is 2.34. The summed E-state index contributed by atoms with van der Waals surface area (Å²) in [7, 11) is 0. The number of urea groups is 1. The maximum absolute atomic E-state index is 12.5. The van der Waals surface area contributed by atoms with E-state index < -0.39 is 0 Å². The molecule has 0 spiro atoms. The highest BCUT2D eigenvalue weighted by atomic mass is 16.5. The summed E-state index contributed by atoms with van der Waals surface area (Å²) in [5, 5.41) is 6.06. The lowest BCUT2D eigenvalue weighted by molar-refractivity contribution is 0.232. The van der Waals surface area contributed by atoms with Crippen molar-refractivity contribution in [2.24, 2.45) is 5.92 Å². The smallest absolute Gasteiger partial charge is 0.315 e. The van der Waals surface area contributed by atoms with Gasteiger partial charge in [-0.15, -0.1) is 0 Å². The van der Waals surface area contributed by atoms with Crippen LogP contribution in [0.4, 0.5) is 4.79 Å². The molecule has 144 valence electrons. The van der Waals surface area contributed by atoms with Crippen molar-refractivity contribution in [3.8, 4) is 11.5 Å². The third kappa shape index (κ3) is 4.94. The van der Waals surface area contributed by atoms with Gasteiger partial charge in [-0.05, 0) is 41.7 Å². The highest BCUT2D eigenvalue weighted by molar-refractivity contribution is 5.74. The number of ether oxygens (including phenoxy) is 2. The summed E-state index contributed by atoms with van der Waals surface area (Å²) in [4.78, 5) is 12.5. The van der Waals surface area contributed by atoms with Gasteiger partial charge in [-0.1, -0.05) is 44.2 Å². The van der Waals surface area contributed by atoms with Gasteiger partial charge in [-0.2, -0.15) is 0 Å². The molecule has 1 aliphatic rings. The Morgan fingerprint density at radius 3 is 2.56 bits per heavy atom. The first-order chi connectivity index (χ1) is 13.0. The lowest BCUT2D eigenvalue weighted by Gasteiger charge is -2.24. The Labute approximate surface area is 161 Å². The van der Waals surface area contributed by atoms with Gasteiger partial charge in [-0.3, -0.25) is 0 Å². The van der Waals surface area contributed by atoms with E-state index in [2.05, 4.69) is 24.5 Å². The second-order valence-corrected chi connectivity index (χ2v) is 7.23. The van der Waals surface area contributed by atoms with E-state index in [0.717, 1.165) is 29.0 Å². The van der Waals surface area contributed by atoms with Gasteiger partial charge in [0, 0.05) is 13.0 Å². The maximum Gasteiger partial charge on any atom is 0.315 e. The van der Waals surface area contributed by atoms with Gasteiger partial charge in [0.05, 0.1) is 19.3 Å². The SMILES string of the molecule is Cc1ccccc1CNC(=O)N[C@@H](c1ccc2c(c1)OCCCO2)C(C)C. The number of carbonyl (C=O) groups is 1. The molecule has 5 heteroatoms. The van der Waals surface area contributed by atoms with E-state index in [1.165, 1.54) is 5.56 Å². The van der Waals surface area contributed by atoms with Crippen molar-refractivity contribution in [2.75, 3.05) is 13.2 Å². The van der Waals surface area contributed by atoms with E-state index >= 15 is 0 Å². The van der Waals surface area contributed by atoms with E-state index in [-0.39, 0.29) is 18.0 Å². The Morgan fingerprint density at radius 1 is 1.07 bits per heavy atom. The number of hydrogen-bond acceptors (Lipinski definition) is 3. The van der Waals surface area contributed by atoms with E-state index in [1.54, 1.807) is 0 Å². The zero-order valence-corrected chi connectivity index (χ0v) is 16.2. The first-order valence-electron chi connectivity index (χ1n) is 9.53. The van der Waals surface area contributed by atoms with Gasteiger partial charge >= 0.3 is 6.03 Å². The Kier molecular flexibility index (Phi) is 6.22. The number of aryl methyl sites for hydroxylation is 1. The summed E-state index contributed by atoms with van der Waals surface area (Å²) < 4.78 is 11.5. The van der Waals surface area contributed by atoms with Crippen molar-refractivity contribution < 1.29 is 14.3 Å². The highest BCUT2D eigenvalue weighted by Gasteiger charge is 2.21. The molecule has 3 rings (SSSR count). The molecule has 2 amide bonds. The molecule has 0 radical (unpaired) electrons. The van der Waals surface area contributed by atoms with Crippen molar-refractivity contribution in [1.29, 1.82) is 0 Å². The third-order valence-electron chi connectivity index (χ3n) is 4.78. The lowest BCUT2D eigenvalue weighted by Crippen LogP contribution is -2.39. The van der Waals surface area contributed by atoms with E-state index in [4.69, 9.17) is 9.47 Å². The van der Waals surface area contributed by atoms with Crippen molar-refractivity contribution in [3.05, 3.63) is 59.2 Å². The van der Waals surface area contributed by atoms with Crippen LogP contribution in [-0.2, 0) is 6.54 Å². The fourth-order valence-electron chi connectivity index (χ4n) is 3.18. The third-order valence-corrected chi connectivity index (χ3v) is 4.78. The molecule has 2 aromatic rings. The summed E-state index contributed by atoms with van der Waals surface area (Å²) in [5.41, 5.74) is 3.30. The van der Waals surface area contributed by atoms with Crippen LogP contribution in [0.5, 0.6) is 11.5 Å². The van der Waals surface area contributed by atoms with Gasteiger partial charge in [-0.25, -0.2) is 4.79 Å². The van der Waals surface area contributed by atoms with Crippen LogP contribution in [0, 0.1) is 12.8 Å². The zero-order valence-electron chi connectivity index (χ0n) is 16.2. The second-order valence-electron chi connectivity index (χ2n) is 7.23. The van der Waals surface area contributed by atoms with E-state index in [1.807, 2.05) is 49.4 Å². The second kappa shape index (κ2) is 8.80. The number of hydrogen-bond donors (Lipinski definition) is 2. The van der Waals surface area contributed by atoms with Crippen LogP contribution in [0.3, 0.4) is 0 Å². The molecule has 2 N–H and O–H groups in total. The fourth-order valence-corrected chi connectivity index (χ4v) is 3.18. The Balaban J connectivity index is 1.68. The van der Waals surface area contributed by atoms with Gasteiger partial charge in [0.2, 0.25) is 0 Å². The largest absolute Gasteiger partial charge is 0.490 e. The molecule has 27 heavy (non-hydrogen) atoms. The van der Waals surface area contributed by atoms with Crippen LogP contribution in [0.2, 0.25) is 0 Å². The van der Waals surface area contributed by atoms with Gasteiger partial charge in [0.1, 0.15) is 0 Å². The normalized spacial score (nSPS) is 14.4. The molecule has 0 saturated heterocycles. The molecule has 1 heterocycles. The quantitative estimate of drug-likeness (QED) is 0.825. The van der Waals surface area contributed by atoms with Crippen molar-refractivity contribution >= 4 is 6.03 Å². The summed E-state index contributed by atoms with van der Waals surface area (Å²) in [6, 6.07) is 13.7. The van der Waals surface area contributed by atoms with Crippen LogP contribution in [0.15, 0.2) is 42.5 Å². The first-order valence-corrected chi connectivity index (χ1v) is 9.53. The van der Waals surface area contributed by atoms with Gasteiger partial charge < -0.3 is 20.1 Å². The molecule has 0 aromatic heterocycles. The summed E-state index contributed by atoms with van der Waals surface area (Å²) in [5.74, 6) is 1.75.